The van der Waals surface area contributed by atoms with Gasteiger partial charge in [0, 0.05) is 24.8 Å². The minimum absolute atomic E-state index is 0.136. The number of ether oxygens (including phenoxy) is 2. The molecule has 7 heteroatoms. The third-order valence-corrected chi connectivity index (χ3v) is 9.44. The molecule has 0 aromatic rings. The molecule has 0 spiro atoms. The minimum atomic E-state index is -0.541. The molecule has 0 aliphatic carbocycles. The Bertz CT molecular complexity index is 797. The van der Waals surface area contributed by atoms with Gasteiger partial charge in [0.15, 0.2) is 0 Å². The topological polar surface area (TPSA) is 113 Å². The predicted octanol–water partition coefficient (Wildman–Crippen LogP) is 8.05. The number of Topliss-reactive ketones (excluding diaryl/α,β-unsaturated/α-hetero) is 1. The second-order valence-electron chi connectivity index (χ2n) is 13.6. The summed E-state index contributed by atoms with van der Waals surface area (Å²) in [7, 11) is 0. The van der Waals surface area contributed by atoms with Crippen LogP contribution in [0, 0.1) is 0 Å². The lowest BCUT2D eigenvalue weighted by Crippen LogP contribution is -2.31. The molecule has 0 aromatic carbocycles. The lowest BCUT2D eigenvalue weighted by Gasteiger charge is -2.22. The summed E-state index contributed by atoms with van der Waals surface area (Å²) in [6.45, 7) is 4.07. The van der Waals surface area contributed by atoms with E-state index in [1.807, 2.05) is 6.92 Å². The van der Waals surface area contributed by atoms with Gasteiger partial charge in [0.05, 0.1) is 30.5 Å². The molecule has 1 fully saturated rings. The zero-order chi connectivity index (χ0) is 32.0. The number of cyclic esters (lactones) is 1. The maximum Gasteiger partial charge on any atom is 0.334 e. The van der Waals surface area contributed by atoms with Crippen LogP contribution in [0.25, 0.3) is 0 Å². The van der Waals surface area contributed by atoms with Crippen LogP contribution in [0.4, 0.5) is 0 Å². The Kier molecular flexibility index (Phi) is 21.2. The quantitative estimate of drug-likeness (QED) is 0.0598. The van der Waals surface area contributed by atoms with E-state index in [-0.39, 0.29) is 24.3 Å². The number of unbranched alkanes of at least 4 members (excludes halogenated alkanes) is 14. The number of aliphatic hydroxyl groups excluding tert-OH is 3. The average Bonchev–Trinajstić information content (AvgIpc) is 3.61. The Balaban J connectivity index is 1.38. The van der Waals surface area contributed by atoms with Crippen molar-refractivity contribution in [3.05, 3.63) is 11.6 Å². The number of aliphatic hydroxyl groups is 3. The number of carbonyl (C=O) groups is 2. The Morgan fingerprint density at radius 1 is 0.727 bits per heavy atom. The summed E-state index contributed by atoms with van der Waals surface area (Å²) in [5.74, 6) is -0.0135. The van der Waals surface area contributed by atoms with Crippen LogP contribution in [0.3, 0.4) is 0 Å². The second kappa shape index (κ2) is 24.0. The average molecular weight is 623 g/mol. The van der Waals surface area contributed by atoms with E-state index in [1.54, 1.807) is 6.08 Å². The van der Waals surface area contributed by atoms with Crippen LogP contribution >= 0.6 is 0 Å². The van der Waals surface area contributed by atoms with Crippen LogP contribution in [-0.2, 0) is 19.1 Å². The van der Waals surface area contributed by atoms with Gasteiger partial charge in [-0.2, -0.15) is 0 Å². The van der Waals surface area contributed by atoms with Gasteiger partial charge in [-0.1, -0.05) is 103 Å². The summed E-state index contributed by atoms with van der Waals surface area (Å²) in [6, 6.07) is 0. The summed E-state index contributed by atoms with van der Waals surface area (Å²) < 4.78 is 11.1. The molecule has 3 N–H and O–H groups in total. The molecule has 44 heavy (non-hydrogen) atoms. The summed E-state index contributed by atoms with van der Waals surface area (Å²) in [6.07, 6.45) is 24.5. The first kappa shape index (κ1) is 38.9. The number of carbonyl (C=O) groups excluding carboxylic acids is 2. The number of hydrogen-bond acceptors (Lipinski definition) is 7. The van der Waals surface area contributed by atoms with Gasteiger partial charge in [0.1, 0.15) is 11.9 Å². The molecule has 6 atom stereocenters. The fraction of sp³-hybridized carbons (Fsp3) is 0.892. The molecular formula is C37H66O7. The second-order valence-corrected chi connectivity index (χ2v) is 13.6. The van der Waals surface area contributed by atoms with E-state index < -0.39 is 18.3 Å². The predicted molar refractivity (Wildman–Crippen MR) is 176 cm³/mol. The third-order valence-electron chi connectivity index (χ3n) is 9.44. The molecule has 2 heterocycles. The van der Waals surface area contributed by atoms with Gasteiger partial charge < -0.3 is 24.8 Å². The van der Waals surface area contributed by atoms with Gasteiger partial charge in [-0.15, -0.1) is 0 Å². The van der Waals surface area contributed by atoms with E-state index in [9.17, 15) is 24.9 Å². The van der Waals surface area contributed by atoms with Crippen LogP contribution in [0.2, 0.25) is 0 Å². The van der Waals surface area contributed by atoms with Crippen LogP contribution in [0.1, 0.15) is 174 Å². The minimum Gasteiger partial charge on any atom is -0.455 e. The summed E-state index contributed by atoms with van der Waals surface area (Å²) >= 11 is 0. The van der Waals surface area contributed by atoms with E-state index in [0.29, 0.717) is 43.5 Å². The van der Waals surface area contributed by atoms with Gasteiger partial charge in [0.25, 0.3) is 0 Å². The molecule has 2 aliphatic rings. The largest absolute Gasteiger partial charge is 0.455 e. The maximum absolute atomic E-state index is 12.2. The Hall–Kier alpha value is -1.28. The monoisotopic (exact) mass is 622 g/mol. The van der Waals surface area contributed by atoms with Crippen molar-refractivity contribution in [3.8, 4) is 0 Å². The summed E-state index contributed by atoms with van der Waals surface area (Å²) in [4.78, 5) is 23.9. The van der Waals surface area contributed by atoms with Crippen molar-refractivity contribution in [2.45, 2.75) is 211 Å². The highest BCUT2D eigenvalue weighted by atomic mass is 16.5. The zero-order valence-corrected chi connectivity index (χ0v) is 28.2. The fourth-order valence-electron chi connectivity index (χ4n) is 6.64. The normalized spacial score (nSPS) is 22.2. The van der Waals surface area contributed by atoms with Crippen LogP contribution in [0.5, 0.6) is 0 Å². The third kappa shape index (κ3) is 17.4. The molecule has 0 saturated carbocycles. The van der Waals surface area contributed by atoms with E-state index >= 15 is 0 Å². The summed E-state index contributed by atoms with van der Waals surface area (Å²) in [5, 5.41) is 31.4. The molecule has 0 amide bonds. The Morgan fingerprint density at radius 2 is 1.18 bits per heavy atom. The van der Waals surface area contributed by atoms with E-state index in [2.05, 4.69) is 6.92 Å². The van der Waals surface area contributed by atoms with Gasteiger partial charge in [-0.3, -0.25) is 4.79 Å². The number of ketones is 1. The lowest BCUT2D eigenvalue weighted by atomic mass is 9.99. The van der Waals surface area contributed by atoms with Crippen molar-refractivity contribution in [1.29, 1.82) is 0 Å². The van der Waals surface area contributed by atoms with E-state index in [0.717, 1.165) is 70.6 Å². The Morgan fingerprint density at radius 3 is 1.68 bits per heavy atom. The standard InChI is InChI=1S/C37H66O7/c1-3-4-5-6-7-8-9-10-11-18-23-33(40)35-25-26-36(44-35)34(41)24-19-13-12-15-20-31(38)21-16-14-17-22-32(39)28-30-27-29(2)43-37(30)42/h27,29,32-36,39-41H,3-26,28H2,1-2H3/t29-,32+,33+,34+,35+,36+/m0/s1. The highest BCUT2D eigenvalue weighted by molar-refractivity contribution is 5.90. The highest BCUT2D eigenvalue weighted by Gasteiger charge is 2.34. The number of hydrogen-bond donors (Lipinski definition) is 3. The van der Waals surface area contributed by atoms with E-state index in [4.69, 9.17) is 9.47 Å². The maximum atomic E-state index is 12.2. The van der Waals surface area contributed by atoms with Crippen molar-refractivity contribution in [3.63, 3.8) is 0 Å². The van der Waals surface area contributed by atoms with Crippen LogP contribution < -0.4 is 0 Å². The molecule has 0 aromatic heterocycles. The van der Waals surface area contributed by atoms with Crippen molar-refractivity contribution in [1.82, 2.24) is 0 Å². The molecule has 2 rings (SSSR count). The van der Waals surface area contributed by atoms with Crippen LogP contribution in [-0.4, -0.2) is 63.7 Å². The molecule has 1 saturated heterocycles. The fourth-order valence-corrected chi connectivity index (χ4v) is 6.64. The van der Waals surface area contributed by atoms with Crippen molar-refractivity contribution < 1.29 is 34.4 Å². The van der Waals surface area contributed by atoms with Crippen molar-refractivity contribution in [2.75, 3.05) is 0 Å². The molecule has 2 aliphatic heterocycles. The number of esters is 1. The van der Waals surface area contributed by atoms with E-state index in [1.165, 1.54) is 57.8 Å². The van der Waals surface area contributed by atoms with Crippen molar-refractivity contribution >= 4 is 11.8 Å². The SMILES string of the molecule is CCCCCCCCCCCC[C@@H](O)[C@H]1CC[C@H]([C@H](O)CCCCCCC(=O)CCCCC[C@@H](O)CC2=C[C@H](C)OC2=O)O1. The zero-order valence-electron chi connectivity index (χ0n) is 28.2. The van der Waals surface area contributed by atoms with Gasteiger partial charge >= 0.3 is 5.97 Å². The smallest absolute Gasteiger partial charge is 0.334 e. The molecule has 0 unspecified atom stereocenters. The molecular weight excluding hydrogens is 556 g/mol. The number of rotatable bonds is 28. The first-order valence-electron chi connectivity index (χ1n) is 18.4. The van der Waals surface area contributed by atoms with Gasteiger partial charge in [-0.05, 0) is 57.9 Å². The van der Waals surface area contributed by atoms with Gasteiger partial charge in [-0.25, -0.2) is 4.79 Å². The lowest BCUT2D eigenvalue weighted by molar-refractivity contribution is -0.139. The highest BCUT2D eigenvalue weighted by Crippen LogP contribution is 2.28. The van der Waals surface area contributed by atoms with Crippen LogP contribution in [0.15, 0.2) is 11.6 Å². The Labute approximate surface area is 268 Å². The summed E-state index contributed by atoms with van der Waals surface area (Å²) in [5.41, 5.74) is 0.569. The van der Waals surface area contributed by atoms with Crippen molar-refractivity contribution in [2.24, 2.45) is 0 Å². The first-order valence-corrected chi connectivity index (χ1v) is 18.4. The van der Waals surface area contributed by atoms with Gasteiger partial charge in [0.2, 0.25) is 0 Å². The first-order chi connectivity index (χ1) is 21.3. The molecule has 7 nitrogen and oxygen atoms in total. The molecule has 256 valence electrons. The molecule has 0 radical (unpaired) electrons. The molecule has 0 bridgehead atoms.